The molecule has 0 radical (unpaired) electrons. The average molecular weight is 538 g/mol. The molecule has 0 bridgehead atoms. The molecule has 2 aromatic carbocycles. The molecule has 184 valence electrons. The topological polar surface area (TPSA) is 141 Å². The predicted molar refractivity (Wildman–Crippen MR) is 134 cm³/mol. The summed E-state index contributed by atoms with van der Waals surface area (Å²) in [6.45, 7) is -0.259. The summed E-state index contributed by atoms with van der Waals surface area (Å²) in [5.74, 6) is 0.105. The van der Waals surface area contributed by atoms with E-state index in [-0.39, 0.29) is 34.3 Å². The third kappa shape index (κ3) is 7.67. The Bertz CT molecular complexity index is 1280. The molecule has 0 saturated carbocycles. The monoisotopic (exact) mass is 537 g/mol. The van der Waals surface area contributed by atoms with E-state index in [1.165, 1.54) is 44.6 Å². The molecule has 1 aromatic heterocycles. The minimum atomic E-state index is -3.97. The minimum Gasteiger partial charge on any atom is -0.484 e. The van der Waals surface area contributed by atoms with Gasteiger partial charge < -0.3 is 19.5 Å². The van der Waals surface area contributed by atoms with Gasteiger partial charge in [0.25, 0.3) is 15.9 Å². The maximum Gasteiger partial charge on any atom is 0.321 e. The van der Waals surface area contributed by atoms with E-state index in [4.69, 9.17) is 38.0 Å². The van der Waals surface area contributed by atoms with E-state index in [0.29, 0.717) is 16.5 Å². The summed E-state index contributed by atoms with van der Waals surface area (Å²) in [6.07, 6.45) is 0. The number of rotatable bonds is 9. The third-order valence-corrected chi connectivity index (χ3v) is 6.00. The molecule has 0 atom stereocenters. The third-order valence-electron chi connectivity index (χ3n) is 4.17. The zero-order valence-electron chi connectivity index (χ0n) is 18.4. The first kappa shape index (κ1) is 25.9. The van der Waals surface area contributed by atoms with E-state index in [2.05, 4.69) is 25.3 Å². The van der Waals surface area contributed by atoms with Crippen LogP contribution in [0.3, 0.4) is 0 Å². The molecular formula is C21H20ClN5O6S2. The lowest BCUT2D eigenvalue weighted by Crippen LogP contribution is -2.37. The Morgan fingerprint density at radius 1 is 1.03 bits per heavy atom. The Morgan fingerprint density at radius 2 is 1.71 bits per heavy atom. The summed E-state index contributed by atoms with van der Waals surface area (Å²) in [6, 6.07) is 13.5. The van der Waals surface area contributed by atoms with Crippen LogP contribution in [0.25, 0.3) is 0 Å². The normalized spacial score (nSPS) is 10.7. The van der Waals surface area contributed by atoms with Gasteiger partial charge in [-0.1, -0.05) is 11.6 Å². The molecule has 0 spiro atoms. The van der Waals surface area contributed by atoms with Crippen molar-refractivity contribution in [3.8, 4) is 17.6 Å². The van der Waals surface area contributed by atoms with Gasteiger partial charge in [-0.25, -0.2) is 8.42 Å². The Kier molecular flexibility index (Phi) is 8.63. The zero-order chi connectivity index (χ0) is 25.4. The Hall–Kier alpha value is -3.68. The molecule has 0 aliphatic carbocycles. The average Bonchev–Trinajstić information content (AvgIpc) is 2.83. The van der Waals surface area contributed by atoms with Crippen LogP contribution in [0.5, 0.6) is 17.6 Å². The van der Waals surface area contributed by atoms with Crippen LogP contribution in [0.2, 0.25) is 5.02 Å². The summed E-state index contributed by atoms with van der Waals surface area (Å²) in [7, 11) is -1.24. The van der Waals surface area contributed by atoms with Crippen molar-refractivity contribution in [3.05, 3.63) is 59.6 Å². The molecule has 3 rings (SSSR count). The molecule has 0 unspecified atom stereocenters. The van der Waals surface area contributed by atoms with Gasteiger partial charge in [-0.15, -0.1) is 0 Å². The molecule has 11 nitrogen and oxygen atoms in total. The van der Waals surface area contributed by atoms with Crippen LogP contribution in [0, 0.1) is 0 Å². The lowest BCUT2D eigenvalue weighted by atomic mass is 10.3. The van der Waals surface area contributed by atoms with Crippen molar-refractivity contribution in [2.45, 2.75) is 4.90 Å². The summed E-state index contributed by atoms with van der Waals surface area (Å²) < 4.78 is 43.1. The molecule has 0 fully saturated rings. The second-order valence-electron chi connectivity index (χ2n) is 6.66. The summed E-state index contributed by atoms with van der Waals surface area (Å²) >= 11 is 10.9. The number of carbonyl (C=O) groups excluding carboxylic acids is 1. The van der Waals surface area contributed by atoms with Gasteiger partial charge >= 0.3 is 6.01 Å². The number of hydrogen-bond acceptors (Lipinski definition) is 9. The van der Waals surface area contributed by atoms with Gasteiger partial charge in [0, 0.05) is 16.8 Å². The fourth-order valence-electron chi connectivity index (χ4n) is 2.57. The number of nitrogens with zero attached hydrogens (tertiary/aromatic N) is 2. The van der Waals surface area contributed by atoms with Crippen LogP contribution in [-0.4, -0.2) is 50.2 Å². The van der Waals surface area contributed by atoms with Crippen molar-refractivity contribution in [1.82, 2.24) is 15.3 Å². The maximum absolute atomic E-state index is 12.7. The van der Waals surface area contributed by atoms with Crippen molar-refractivity contribution in [2.75, 3.05) is 30.9 Å². The van der Waals surface area contributed by atoms with E-state index in [1.807, 2.05) is 0 Å². The number of halogens is 1. The number of nitrogens with one attached hydrogen (secondary N) is 3. The van der Waals surface area contributed by atoms with E-state index in [1.54, 1.807) is 24.3 Å². The first-order valence-corrected chi connectivity index (χ1v) is 12.0. The van der Waals surface area contributed by atoms with Crippen LogP contribution < -0.4 is 29.6 Å². The summed E-state index contributed by atoms with van der Waals surface area (Å²) in [5.41, 5.74) is 0.457. The van der Waals surface area contributed by atoms with Crippen LogP contribution in [0.1, 0.15) is 0 Å². The van der Waals surface area contributed by atoms with Gasteiger partial charge in [0.05, 0.1) is 19.1 Å². The van der Waals surface area contributed by atoms with Gasteiger partial charge in [-0.2, -0.15) is 9.97 Å². The van der Waals surface area contributed by atoms with Crippen LogP contribution >= 0.6 is 23.8 Å². The highest BCUT2D eigenvalue weighted by atomic mass is 35.5. The van der Waals surface area contributed by atoms with E-state index in [9.17, 15) is 13.2 Å². The Labute approximate surface area is 211 Å². The van der Waals surface area contributed by atoms with Gasteiger partial charge in [-0.05, 0) is 60.7 Å². The van der Waals surface area contributed by atoms with E-state index < -0.39 is 15.9 Å². The molecule has 1 amide bonds. The highest BCUT2D eigenvalue weighted by Crippen LogP contribution is 2.21. The molecule has 0 saturated heterocycles. The molecule has 3 aromatic rings. The van der Waals surface area contributed by atoms with Gasteiger partial charge in [-0.3, -0.25) is 14.8 Å². The minimum absolute atomic E-state index is 0.0172. The molecular weight excluding hydrogens is 518 g/mol. The fraction of sp³-hybridized carbons (Fsp3) is 0.143. The second kappa shape index (κ2) is 11.6. The van der Waals surface area contributed by atoms with E-state index in [0.717, 1.165) is 0 Å². The Morgan fingerprint density at radius 3 is 2.34 bits per heavy atom. The lowest BCUT2D eigenvalue weighted by molar-refractivity contribution is -0.121. The van der Waals surface area contributed by atoms with E-state index >= 15 is 0 Å². The fourth-order valence-corrected chi connectivity index (χ4v) is 3.92. The predicted octanol–water partition coefficient (Wildman–Crippen LogP) is 2.84. The molecule has 0 aliphatic heterocycles. The molecule has 0 aliphatic rings. The van der Waals surface area contributed by atoms with Gasteiger partial charge in [0.1, 0.15) is 5.75 Å². The number of anilines is 2. The van der Waals surface area contributed by atoms with Crippen molar-refractivity contribution < 1.29 is 27.4 Å². The smallest absolute Gasteiger partial charge is 0.321 e. The van der Waals surface area contributed by atoms with Gasteiger partial charge in [0.15, 0.2) is 17.5 Å². The lowest BCUT2D eigenvalue weighted by Gasteiger charge is -2.12. The van der Waals surface area contributed by atoms with Crippen LogP contribution in [0.4, 0.5) is 11.5 Å². The number of hydrogen-bond donors (Lipinski definition) is 3. The van der Waals surface area contributed by atoms with Crippen LogP contribution in [-0.2, 0) is 14.8 Å². The van der Waals surface area contributed by atoms with Crippen molar-refractivity contribution in [1.29, 1.82) is 0 Å². The zero-order valence-corrected chi connectivity index (χ0v) is 20.8. The number of aromatic nitrogens is 2. The number of sulfonamides is 1. The number of ether oxygens (including phenoxy) is 3. The summed E-state index contributed by atoms with van der Waals surface area (Å²) in [4.78, 5) is 19.8. The van der Waals surface area contributed by atoms with Gasteiger partial charge in [0.2, 0.25) is 5.88 Å². The first-order valence-electron chi connectivity index (χ1n) is 9.77. The number of amides is 1. The Balaban J connectivity index is 1.56. The quantitative estimate of drug-likeness (QED) is 0.349. The number of carbonyl (C=O) groups is 1. The largest absolute Gasteiger partial charge is 0.484 e. The molecule has 1 heterocycles. The number of methoxy groups -OCH3 is 2. The molecule has 35 heavy (non-hydrogen) atoms. The first-order chi connectivity index (χ1) is 16.7. The highest BCUT2D eigenvalue weighted by Gasteiger charge is 2.17. The highest BCUT2D eigenvalue weighted by molar-refractivity contribution is 7.92. The van der Waals surface area contributed by atoms with Crippen molar-refractivity contribution >= 4 is 56.4 Å². The maximum atomic E-state index is 12.7. The number of benzene rings is 2. The SMILES string of the molecule is COc1cc(NS(=O)(=O)c2ccc(NC(=S)NC(=O)COc3ccc(Cl)cc3)cc2)nc(OC)n1. The second-order valence-corrected chi connectivity index (χ2v) is 9.18. The molecule has 14 heteroatoms. The van der Waals surface area contributed by atoms with Crippen LogP contribution in [0.15, 0.2) is 59.5 Å². The van der Waals surface area contributed by atoms with Crippen molar-refractivity contribution in [3.63, 3.8) is 0 Å². The molecule has 3 N–H and O–H groups in total. The standard InChI is InChI=1S/C21H20ClN5O6S2/c1-31-19-11-17(24-20(26-19)32-2)27-35(29,30)16-9-5-14(6-10-16)23-21(34)25-18(28)12-33-15-7-3-13(22)4-8-15/h3-11H,12H2,1-2H3,(H,24,26,27)(H2,23,25,28,34). The number of thiocarbonyl (C=S) groups is 1. The van der Waals surface area contributed by atoms with Crippen molar-refractivity contribution in [2.24, 2.45) is 0 Å². The summed E-state index contributed by atoms with van der Waals surface area (Å²) in [5, 5.41) is 5.83.